The van der Waals surface area contributed by atoms with Crippen LogP contribution < -0.4 is 15.5 Å². The third-order valence-corrected chi connectivity index (χ3v) is 4.38. The first kappa shape index (κ1) is 16.8. The highest BCUT2D eigenvalue weighted by atomic mass is 16.5. The van der Waals surface area contributed by atoms with Crippen LogP contribution in [0.2, 0.25) is 0 Å². The molecule has 2 aliphatic rings. The summed E-state index contributed by atoms with van der Waals surface area (Å²) in [5.41, 5.74) is 1.34. The maximum atomic E-state index is 12.3. The van der Waals surface area contributed by atoms with Crippen molar-refractivity contribution in [2.45, 2.75) is 52.0 Å². The SMILES string of the molecule is CCOC(=O)C1=C(C[NH+]2CCCCCC2)NC(=O)N[C@H]1CC. The molecule has 0 radical (unpaired) electrons. The van der Waals surface area contributed by atoms with E-state index in [-0.39, 0.29) is 18.0 Å². The quantitative estimate of drug-likeness (QED) is 0.642. The van der Waals surface area contributed by atoms with E-state index in [0.29, 0.717) is 25.1 Å². The molecule has 0 saturated carbocycles. The molecule has 0 aromatic rings. The average molecular weight is 310 g/mol. The standard InChI is InChI=1S/C16H27N3O3/c1-3-12-14(15(20)22-4-2)13(18-16(21)17-12)11-19-9-7-5-6-8-10-19/h12H,3-11H2,1-2H3,(H2,17,18,21)/p+1/t12-/m0/s1. The largest absolute Gasteiger partial charge is 0.463 e. The van der Waals surface area contributed by atoms with Crippen molar-refractivity contribution in [3.63, 3.8) is 0 Å². The highest BCUT2D eigenvalue weighted by Gasteiger charge is 2.33. The number of rotatable bonds is 5. The molecule has 2 amide bonds. The van der Waals surface area contributed by atoms with Gasteiger partial charge in [0.2, 0.25) is 0 Å². The monoisotopic (exact) mass is 310 g/mol. The molecule has 0 unspecified atom stereocenters. The van der Waals surface area contributed by atoms with Gasteiger partial charge in [-0.15, -0.1) is 0 Å². The molecular formula is C16H28N3O3+. The Kier molecular flexibility index (Phi) is 6.24. The number of amides is 2. The van der Waals surface area contributed by atoms with E-state index in [9.17, 15) is 9.59 Å². The maximum absolute atomic E-state index is 12.3. The van der Waals surface area contributed by atoms with Crippen LogP contribution in [-0.4, -0.2) is 44.3 Å². The fraction of sp³-hybridized carbons (Fsp3) is 0.750. The smallest absolute Gasteiger partial charge is 0.338 e. The second-order valence-electron chi connectivity index (χ2n) is 6.01. The van der Waals surface area contributed by atoms with E-state index in [1.165, 1.54) is 30.6 Å². The Morgan fingerprint density at radius 2 is 1.91 bits per heavy atom. The van der Waals surface area contributed by atoms with Crippen LogP contribution in [-0.2, 0) is 9.53 Å². The highest BCUT2D eigenvalue weighted by molar-refractivity contribution is 5.94. The van der Waals surface area contributed by atoms with Gasteiger partial charge in [-0.1, -0.05) is 6.92 Å². The van der Waals surface area contributed by atoms with Gasteiger partial charge < -0.3 is 20.3 Å². The van der Waals surface area contributed by atoms with Gasteiger partial charge in [0, 0.05) is 0 Å². The summed E-state index contributed by atoms with van der Waals surface area (Å²) in [6.07, 6.45) is 5.65. The van der Waals surface area contributed by atoms with Crippen molar-refractivity contribution < 1.29 is 19.2 Å². The molecule has 0 spiro atoms. The number of nitrogens with one attached hydrogen (secondary N) is 3. The Bertz CT molecular complexity index is 440. The van der Waals surface area contributed by atoms with Crippen LogP contribution in [0.15, 0.2) is 11.3 Å². The number of esters is 1. The number of quaternary nitrogens is 1. The molecule has 0 bridgehead atoms. The second-order valence-corrected chi connectivity index (χ2v) is 6.01. The summed E-state index contributed by atoms with van der Waals surface area (Å²) in [7, 11) is 0. The zero-order valence-electron chi connectivity index (χ0n) is 13.7. The van der Waals surface area contributed by atoms with Crippen molar-refractivity contribution in [2.24, 2.45) is 0 Å². The van der Waals surface area contributed by atoms with Crippen molar-refractivity contribution in [3.8, 4) is 0 Å². The number of ether oxygens (including phenoxy) is 1. The maximum Gasteiger partial charge on any atom is 0.338 e. The van der Waals surface area contributed by atoms with Crippen LogP contribution >= 0.6 is 0 Å². The summed E-state index contributed by atoms with van der Waals surface area (Å²) >= 11 is 0. The molecule has 2 heterocycles. The predicted molar refractivity (Wildman–Crippen MR) is 83.4 cm³/mol. The van der Waals surface area contributed by atoms with Gasteiger partial charge in [0.15, 0.2) is 0 Å². The molecule has 124 valence electrons. The van der Waals surface area contributed by atoms with E-state index in [1.54, 1.807) is 6.92 Å². The number of carbonyl (C=O) groups excluding carboxylic acids is 2. The minimum absolute atomic E-state index is 0.218. The van der Waals surface area contributed by atoms with E-state index in [2.05, 4.69) is 10.6 Å². The van der Waals surface area contributed by atoms with Gasteiger partial charge in [0.25, 0.3) is 0 Å². The normalized spacial score (nSPS) is 23.5. The zero-order valence-corrected chi connectivity index (χ0v) is 13.7. The Morgan fingerprint density at radius 3 is 2.50 bits per heavy atom. The van der Waals surface area contributed by atoms with Crippen molar-refractivity contribution in [2.75, 3.05) is 26.2 Å². The Morgan fingerprint density at radius 1 is 1.23 bits per heavy atom. The fourth-order valence-electron chi connectivity index (χ4n) is 3.26. The number of urea groups is 1. The second kappa shape index (κ2) is 8.17. The number of hydrogen-bond donors (Lipinski definition) is 3. The topological polar surface area (TPSA) is 71.9 Å². The number of likely N-dealkylation sites (tertiary alicyclic amines) is 1. The first-order valence-corrected chi connectivity index (χ1v) is 8.47. The zero-order chi connectivity index (χ0) is 15.9. The van der Waals surface area contributed by atoms with Gasteiger partial charge in [-0.3, -0.25) is 0 Å². The predicted octanol–water partition coefficient (Wildman–Crippen LogP) is 0.354. The lowest BCUT2D eigenvalue weighted by atomic mass is 10.00. The summed E-state index contributed by atoms with van der Waals surface area (Å²) in [4.78, 5) is 25.6. The molecule has 1 saturated heterocycles. The van der Waals surface area contributed by atoms with Crippen LogP contribution in [0.4, 0.5) is 4.79 Å². The number of carbonyl (C=O) groups is 2. The van der Waals surface area contributed by atoms with Gasteiger partial charge in [-0.2, -0.15) is 0 Å². The Hall–Kier alpha value is -1.56. The van der Waals surface area contributed by atoms with Crippen LogP contribution in [0.1, 0.15) is 46.0 Å². The van der Waals surface area contributed by atoms with Crippen LogP contribution in [0.3, 0.4) is 0 Å². The van der Waals surface area contributed by atoms with Crippen molar-refractivity contribution in [3.05, 3.63) is 11.3 Å². The van der Waals surface area contributed by atoms with E-state index in [1.807, 2.05) is 6.92 Å². The van der Waals surface area contributed by atoms with Crippen molar-refractivity contribution in [1.82, 2.24) is 10.6 Å². The fourth-order valence-corrected chi connectivity index (χ4v) is 3.26. The van der Waals surface area contributed by atoms with Crippen LogP contribution in [0.25, 0.3) is 0 Å². The van der Waals surface area contributed by atoms with Crippen molar-refractivity contribution in [1.29, 1.82) is 0 Å². The first-order chi connectivity index (χ1) is 10.7. The lowest BCUT2D eigenvalue weighted by Crippen LogP contribution is -3.12. The van der Waals surface area contributed by atoms with Gasteiger partial charge in [-0.25, -0.2) is 9.59 Å². The lowest BCUT2D eigenvalue weighted by Gasteiger charge is -2.29. The molecule has 22 heavy (non-hydrogen) atoms. The summed E-state index contributed by atoms with van der Waals surface area (Å²) in [5.74, 6) is -0.314. The molecule has 0 aliphatic carbocycles. The molecule has 6 heteroatoms. The number of hydrogen-bond acceptors (Lipinski definition) is 3. The molecule has 3 N–H and O–H groups in total. The van der Waals surface area contributed by atoms with Gasteiger partial charge in [-0.05, 0) is 39.0 Å². The molecular weight excluding hydrogens is 282 g/mol. The van der Waals surface area contributed by atoms with Crippen LogP contribution in [0.5, 0.6) is 0 Å². The third kappa shape index (κ3) is 4.22. The molecule has 1 fully saturated rings. The van der Waals surface area contributed by atoms with Crippen molar-refractivity contribution >= 4 is 12.0 Å². The average Bonchev–Trinajstić information content (AvgIpc) is 2.75. The Balaban J connectivity index is 2.21. The van der Waals surface area contributed by atoms with E-state index in [4.69, 9.17) is 4.74 Å². The summed E-state index contributed by atoms with van der Waals surface area (Å²) < 4.78 is 5.20. The van der Waals surface area contributed by atoms with Crippen LogP contribution in [0, 0.1) is 0 Å². The summed E-state index contributed by atoms with van der Waals surface area (Å²) in [6, 6.07) is -0.474. The van der Waals surface area contributed by atoms with E-state index < -0.39 is 0 Å². The summed E-state index contributed by atoms with van der Waals surface area (Å²) in [5, 5.41) is 5.66. The lowest BCUT2D eigenvalue weighted by molar-refractivity contribution is -0.894. The summed E-state index contributed by atoms with van der Waals surface area (Å²) in [6.45, 7) is 6.99. The van der Waals surface area contributed by atoms with Gasteiger partial charge >= 0.3 is 12.0 Å². The van der Waals surface area contributed by atoms with Gasteiger partial charge in [0.1, 0.15) is 6.54 Å². The Labute approximate surface area is 132 Å². The third-order valence-electron chi connectivity index (χ3n) is 4.38. The molecule has 2 rings (SSSR count). The molecule has 0 aromatic carbocycles. The molecule has 6 nitrogen and oxygen atoms in total. The van der Waals surface area contributed by atoms with E-state index in [0.717, 1.165) is 18.8 Å². The van der Waals surface area contributed by atoms with Gasteiger partial charge in [0.05, 0.1) is 37.0 Å². The molecule has 1 atom stereocenters. The minimum Gasteiger partial charge on any atom is -0.463 e. The first-order valence-electron chi connectivity index (χ1n) is 8.47. The van der Waals surface area contributed by atoms with E-state index >= 15 is 0 Å². The molecule has 0 aromatic heterocycles. The minimum atomic E-state index is -0.314. The molecule has 2 aliphatic heterocycles. The highest BCUT2D eigenvalue weighted by Crippen LogP contribution is 2.16.